The molecule has 1 unspecified atom stereocenters. The highest BCUT2D eigenvalue weighted by atomic mass is 32.2. The van der Waals surface area contributed by atoms with Crippen molar-refractivity contribution >= 4 is 16.0 Å². The van der Waals surface area contributed by atoms with Crippen molar-refractivity contribution in [2.45, 2.75) is 13.0 Å². The van der Waals surface area contributed by atoms with E-state index in [-0.39, 0.29) is 5.84 Å². The number of hydrogen-bond acceptors (Lipinski definition) is 4. The molecule has 0 aromatic carbocycles. The van der Waals surface area contributed by atoms with Gasteiger partial charge >= 0.3 is 0 Å². The number of nitrogens with two attached hydrogens (primary N) is 1. The van der Waals surface area contributed by atoms with Crippen LogP contribution in [-0.2, 0) is 14.9 Å². The van der Waals surface area contributed by atoms with Crippen LogP contribution >= 0.6 is 0 Å². The summed E-state index contributed by atoms with van der Waals surface area (Å²) < 4.78 is 31.7. The average molecular weight is 250 g/mol. The first-order valence-corrected chi connectivity index (χ1v) is 6.42. The molecule has 7 nitrogen and oxygen atoms in total. The lowest BCUT2D eigenvalue weighted by Crippen LogP contribution is -2.52. The van der Waals surface area contributed by atoms with Gasteiger partial charge in [-0.2, -0.15) is 17.0 Å². The summed E-state index contributed by atoms with van der Waals surface area (Å²) in [6.45, 7) is 3.08. The molecule has 1 atom stereocenters. The molecular formula is C8H18N4O3S. The number of rotatable bonds is 4. The molecule has 0 aliphatic carbocycles. The van der Waals surface area contributed by atoms with E-state index in [0.717, 1.165) is 4.31 Å². The fraction of sp³-hybridized carbons (Fsp3) is 0.875. The van der Waals surface area contributed by atoms with Crippen LogP contribution in [0.2, 0.25) is 0 Å². The van der Waals surface area contributed by atoms with Gasteiger partial charge in [0.25, 0.3) is 10.2 Å². The van der Waals surface area contributed by atoms with Crippen LogP contribution in [0.1, 0.15) is 6.92 Å². The Kier molecular flexibility index (Phi) is 4.25. The number of nitrogens with one attached hydrogen (secondary N) is 1. The molecule has 0 spiro atoms. The second kappa shape index (κ2) is 5.09. The SMILES string of the molecule is CC(C(=N)N)N(C)S(=O)(=O)N1CCOCC1. The highest BCUT2D eigenvalue weighted by Gasteiger charge is 2.32. The van der Waals surface area contributed by atoms with E-state index in [1.54, 1.807) is 6.92 Å². The van der Waals surface area contributed by atoms with Crippen LogP contribution < -0.4 is 5.73 Å². The molecule has 1 fully saturated rings. The summed E-state index contributed by atoms with van der Waals surface area (Å²) in [5.41, 5.74) is 5.30. The summed E-state index contributed by atoms with van der Waals surface area (Å²) in [4.78, 5) is 0. The van der Waals surface area contributed by atoms with Crippen LogP contribution in [0.25, 0.3) is 0 Å². The van der Waals surface area contributed by atoms with Gasteiger partial charge in [0.05, 0.1) is 19.3 Å². The number of hydrogen-bond donors (Lipinski definition) is 2. The number of amidine groups is 1. The highest BCUT2D eigenvalue weighted by Crippen LogP contribution is 2.11. The summed E-state index contributed by atoms with van der Waals surface area (Å²) in [5, 5.41) is 7.25. The minimum absolute atomic E-state index is 0.167. The maximum atomic E-state index is 12.1. The van der Waals surface area contributed by atoms with Crippen LogP contribution in [0, 0.1) is 5.41 Å². The van der Waals surface area contributed by atoms with Gasteiger partial charge in [-0.15, -0.1) is 0 Å². The Bertz CT molecular complexity index is 350. The van der Waals surface area contributed by atoms with E-state index >= 15 is 0 Å². The van der Waals surface area contributed by atoms with E-state index in [2.05, 4.69) is 0 Å². The lowest BCUT2D eigenvalue weighted by atomic mass is 10.3. The number of nitrogens with zero attached hydrogens (tertiary/aromatic N) is 2. The Morgan fingerprint density at radius 3 is 2.44 bits per heavy atom. The van der Waals surface area contributed by atoms with E-state index in [0.29, 0.717) is 26.3 Å². The second-order valence-electron chi connectivity index (χ2n) is 3.67. The molecule has 0 bridgehead atoms. The van der Waals surface area contributed by atoms with Crippen LogP contribution in [-0.4, -0.2) is 62.3 Å². The van der Waals surface area contributed by atoms with Crippen LogP contribution in [0.15, 0.2) is 0 Å². The van der Waals surface area contributed by atoms with Crippen molar-refractivity contribution in [3.05, 3.63) is 0 Å². The maximum Gasteiger partial charge on any atom is 0.282 e. The smallest absolute Gasteiger partial charge is 0.282 e. The van der Waals surface area contributed by atoms with Gasteiger partial charge in [-0.05, 0) is 6.92 Å². The lowest BCUT2D eigenvalue weighted by Gasteiger charge is -2.32. The summed E-state index contributed by atoms with van der Waals surface area (Å²) in [7, 11) is -2.11. The van der Waals surface area contributed by atoms with Gasteiger partial charge in [0.15, 0.2) is 0 Å². The molecule has 0 aromatic heterocycles. The molecule has 1 saturated heterocycles. The molecule has 3 N–H and O–H groups in total. The van der Waals surface area contributed by atoms with Crippen molar-refractivity contribution in [3.8, 4) is 0 Å². The highest BCUT2D eigenvalue weighted by molar-refractivity contribution is 7.86. The first kappa shape index (κ1) is 13.4. The molecule has 1 aliphatic heterocycles. The summed E-state index contributed by atoms with van der Waals surface area (Å²) in [6.07, 6.45) is 0. The Balaban J connectivity index is 2.79. The zero-order chi connectivity index (χ0) is 12.3. The first-order chi connectivity index (χ1) is 7.37. The lowest BCUT2D eigenvalue weighted by molar-refractivity contribution is 0.0704. The van der Waals surface area contributed by atoms with Crippen molar-refractivity contribution in [2.75, 3.05) is 33.4 Å². The van der Waals surface area contributed by atoms with Crippen molar-refractivity contribution in [1.82, 2.24) is 8.61 Å². The molecule has 1 rings (SSSR count). The molecule has 1 heterocycles. The largest absolute Gasteiger partial charge is 0.386 e. The van der Waals surface area contributed by atoms with E-state index in [9.17, 15) is 8.42 Å². The van der Waals surface area contributed by atoms with E-state index < -0.39 is 16.3 Å². The summed E-state index contributed by atoms with van der Waals surface area (Å²) in [6, 6.07) is -0.632. The number of likely N-dealkylation sites (N-methyl/N-ethyl adjacent to an activating group) is 1. The predicted molar refractivity (Wildman–Crippen MR) is 60.5 cm³/mol. The van der Waals surface area contributed by atoms with Crippen LogP contribution in [0.4, 0.5) is 0 Å². The monoisotopic (exact) mass is 250 g/mol. The minimum Gasteiger partial charge on any atom is -0.386 e. The fourth-order valence-corrected chi connectivity index (χ4v) is 2.84. The Labute approximate surface area is 95.8 Å². The van der Waals surface area contributed by atoms with Gasteiger partial charge in [-0.3, -0.25) is 5.41 Å². The maximum absolute atomic E-state index is 12.1. The molecule has 0 amide bonds. The zero-order valence-corrected chi connectivity index (χ0v) is 10.3. The van der Waals surface area contributed by atoms with E-state index in [4.69, 9.17) is 15.9 Å². The predicted octanol–water partition coefficient (Wildman–Crippen LogP) is -1.18. The third-order valence-corrected chi connectivity index (χ3v) is 4.72. The zero-order valence-electron chi connectivity index (χ0n) is 9.51. The van der Waals surface area contributed by atoms with Crippen molar-refractivity contribution in [3.63, 3.8) is 0 Å². The van der Waals surface area contributed by atoms with Gasteiger partial charge in [-0.25, -0.2) is 0 Å². The van der Waals surface area contributed by atoms with Crippen LogP contribution in [0.3, 0.4) is 0 Å². The molecule has 0 radical (unpaired) electrons. The molecule has 8 heteroatoms. The van der Waals surface area contributed by atoms with Gasteiger partial charge in [0, 0.05) is 20.1 Å². The van der Waals surface area contributed by atoms with Crippen molar-refractivity contribution < 1.29 is 13.2 Å². The molecule has 94 valence electrons. The summed E-state index contributed by atoms with van der Waals surface area (Å²) >= 11 is 0. The number of ether oxygens (including phenoxy) is 1. The molecule has 16 heavy (non-hydrogen) atoms. The second-order valence-corrected chi connectivity index (χ2v) is 5.65. The minimum atomic E-state index is -3.54. The van der Waals surface area contributed by atoms with Gasteiger partial charge in [0.1, 0.15) is 5.84 Å². The Morgan fingerprint density at radius 2 is 2.00 bits per heavy atom. The van der Waals surface area contributed by atoms with Gasteiger partial charge in [0.2, 0.25) is 0 Å². The normalized spacial score (nSPS) is 20.9. The average Bonchev–Trinajstić information content (AvgIpc) is 2.28. The Hall–Kier alpha value is -0.700. The van der Waals surface area contributed by atoms with Crippen LogP contribution in [0.5, 0.6) is 0 Å². The first-order valence-electron chi connectivity index (χ1n) is 5.02. The molecule has 1 aliphatic rings. The molecule has 0 aromatic rings. The topological polar surface area (TPSA) is 99.7 Å². The van der Waals surface area contributed by atoms with Gasteiger partial charge in [-0.1, -0.05) is 0 Å². The number of morpholine rings is 1. The van der Waals surface area contributed by atoms with E-state index in [1.165, 1.54) is 11.4 Å². The quantitative estimate of drug-likeness (QED) is 0.484. The van der Waals surface area contributed by atoms with Crippen molar-refractivity contribution in [2.24, 2.45) is 5.73 Å². The Morgan fingerprint density at radius 1 is 1.50 bits per heavy atom. The third kappa shape index (κ3) is 2.70. The molecule has 0 saturated carbocycles. The standard InChI is InChI=1S/C8H18N4O3S/c1-7(8(9)10)11(2)16(13,14)12-3-5-15-6-4-12/h7H,3-6H2,1-2H3,(H3,9,10). The molecular weight excluding hydrogens is 232 g/mol. The fourth-order valence-electron chi connectivity index (χ4n) is 1.36. The van der Waals surface area contributed by atoms with E-state index in [1.807, 2.05) is 0 Å². The summed E-state index contributed by atoms with van der Waals surface area (Å²) in [5.74, 6) is -0.167. The van der Waals surface area contributed by atoms with Crippen molar-refractivity contribution in [1.29, 1.82) is 5.41 Å². The third-order valence-electron chi connectivity index (χ3n) is 2.66. The van der Waals surface area contributed by atoms with Gasteiger partial charge < -0.3 is 10.5 Å².